The second-order valence-electron chi connectivity index (χ2n) is 6.39. The molecule has 2 atom stereocenters. The van der Waals surface area contributed by atoms with E-state index in [0.717, 1.165) is 18.2 Å². The third-order valence-corrected chi connectivity index (χ3v) is 4.77. The zero-order chi connectivity index (χ0) is 19.4. The summed E-state index contributed by atoms with van der Waals surface area (Å²) in [5.74, 6) is -3.97. The number of hydrogen-bond donors (Lipinski definition) is 1. The van der Waals surface area contributed by atoms with Crippen LogP contribution >= 0.6 is 0 Å². The average molecular weight is 380 g/mol. The molecule has 1 fully saturated rings. The standard InChI is InChI=1S/C19H13F5N2O/c20-11-3-1-4-12(21)16(11)17(18(9-27-18)19(22,23)24)15-8-7-10-13(25)5-2-6-14(10)26-15/h1-8,17H,9,25H2. The molecule has 3 nitrogen and oxygen atoms in total. The van der Waals surface area contributed by atoms with Gasteiger partial charge in [-0.05, 0) is 36.4 Å². The van der Waals surface area contributed by atoms with Gasteiger partial charge in [0.1, 0.15) is 11.6 Å². The zero-order valence-corrected chi connectivity index (χ0v) is 13.7. The molecule has 27 heavy (non-hydrogen) atoms. The summed E-state index contributed by atoms with van der Waals surface area (Å²) in [5, 5.41) is 0.534. The van der Waals surface area contributed by atoms with Crippen molar-refractivity contribution >= 4 is 16.6 Å². The second-order valence-corrected chi connectivity index (χ2v) is 6.39. The highest BCUT2D eigenvalue weighted by Crippen LogP contribution is 2.55. The van der Waals surface area contributed by atoms with Crippen molar-refractivity contribution in [3.8, 4) is 0 Å². The first kappa shape index (κ1) is 17.7. The maximum atomic E-state index is 14.4. The molecule has 0 radical (unpaired) electrons. The summed E-state index contributed by atoms with van der Waals surface area (Å²) >= 11 is 0. The van der Waals surface area contributed by atoms with E-state index in [1.807, 2.05) is 0 Å². The third kappa shape index (κ3) is 2.71. The van der Waals surface area contributed by atoms with Crippen molar-refractivity contribution in [2.24, 2.45) is 0 Å². The maximum absolute atomic E-state index is 14.4. The lowest BCUT2D eigenvalue weighted by atomic mass is 9.82. The van der Waals surface area contributed by atoms with Gasteiger partial charge in [0.2, 0.25) is 0 Å². The first-order valence-electron chi connectivity index (χ1n) is 8.04. The van der Waals surface area contributed by atoms with E-state index in [1.165, 1.54) is 12.1 Å². The Morgan fingerprint density at radius 2 is 1.63 bits per heavy atom. The lowest BCUT2D eigenvalue weighted by molar-refractivity contribution is -0.188. The number of epoxide rings is 1. The first-order chi connectivity index (χ1) is 12.7. The number of halogens is 5. The van der Waals surface area contributed by atoms with Gasteiger partial charge in [-0.3, -0.25) is 4.98 Å². The Morgan fingerprint density at radius 1 is 1.00 bits per heavy atom. The zero-order valence-electron chi connectivity index (χ0n) is 13.7. The monoisotopic (exact) mass is 380 g/mol. The second kappa shape index (κ2) is 5.88. The van der Waals surface area contributed by atoms with Gasteiger partial charge in [-0.25, -0.2) is 8.78 Å². The summed E-state index contributed by atoms with van der Waals surface area (Å²) in [6.45, 7) is -0.703. The molecule has 0 bridgehead atoms. The van der Waals surface area contributed by atoms with Crippen LogP contribution in [0, 0.1) is 11.6 Å². The van der Waals surface area contributed by atoms with Crippen molar-refractivity contribution < 1.29 is 26.7 Å². The fourth-order valence-corrected chi connectivity index (χ4v) is 3.33. The molecule has 0 amide bonds. The summed E-state index contributed by atoms with van der Waals surface area (Å²) in [6.07, 6.45) is -4.83. The van der Waals surface area contributed by atoms with Gasteiger partial charge >= 0.3 is 6.18 Å². The molecule has 2 N–H and O–H groups in total. The van der Waals surface area contributed by atoms with Crippen LogP contribution in [0.3, 0.4) is 0 Å². The SMILES string of the molecule is Nc1cccc2nc(C(c3c(F)cccc3F)C3(C(F)(F)F)CO3)ccc12. The quantitative estimate of drug-likeness (QED) is 0.412. The van der Waals surface area contributed by atoms with Crippen molar-refractivity contribution in [1.82, 2.24) is 4.98 Å². The molecule has 1 saturated heterocycles. The van der Waals surface area contributed by atoms with Gasteiger partial charge < -0.3 is 10.5 Å². The van der Waals surface area contributed by atoms with Crippen LogP contribution in [0.2, 0.25) is 0 Å². The van der Waals surface area contributed by atoms with Gasteiger partial charge in [0, 0.05) is 16.6 Å². The maximum Gasteiger partial charge on any atom is 0.420 e. The predicted molar refractivity (Wildman–Crippen MR) is 89.1 cm³/mol. The molecule has 0 saturated carbocycles. The van der Waals surface area contributed by atoms with Crippen molar-refractivity contribution in [2.75, 3.05) is 12.3 Å². The highest BCUT2D eigenvalue weighted by Gasteiger charge is 2.71. The van der Waals surface area contributed by atoms with Gasteiger partial charge in [0.25, 0.3) is 0 Å². The van der Waals surface area contributed by atoms with Crippen LogP contribution in [0.25, 0.3) is 10.9 Å². The number of nitrogen functional groups attached to an aromatic ring is 1. The van der Waals surface area contributed by atoms with Crippen molar-refractivity contribution in [2.45, 2.75) is 17.7 Å². The molecule has 2 unspecified atom stereocenters. The number of hydrogen-bond acceptors (Lipinski definition) is 3. The van der Waals surface area contributed by atoms with Crippen molar-refractivity contribution in [3.05, 3.63) is 71.4 Å². The van der Waals surface area contributed by atoms with E-state index in [4.69, 9.17) is 10.5 Å². The molecule has 2 heterocycles. The Labute approximate surface area is 150 Å². The number of nitrogens with zero attached hydrogens (tertiary/aromatic N) is 1. The number of anilines is 1. The highest BCUT2D eigenvalue weighted by molar-refractivity contribution is 5.90. The summed E-state index contributed by atoms with van der Waals surface area (Å²) in [7, 11) is 0. The lowest BCUT2D eigenvalue weighted by Crippen LogP contribution is -2.40. The topological polar surface area (TPSA) is 51.4 Å². The number of nitrogens with two attached hydrogens (primary N) is 1. The van der Waals surface area contributed by atoms with Crippen LogP contribution in [0.5, 0.6) is 0 Å². The number of rotatable bonds is 3. The van der Waals surface area contributed by atoms with Crippen LogP contribution in [-0.2, 0) is 4.74 Å². The molecular formula is C19H13F5N2O. The number of aromatic nitrogens is 1. The van der Waals surface area contributed by atoms with E-state index in [0.29, 0.717) is 16.6 Å². The number of fused-ring (bicyclic) bond motifs is 1. The Bertz CT molecular complexity index is 1010. The van der Waals surface area contributed by atoms with Crippen LogP contribution in [0.15, 0.2) is 48.5 Å². The number of pyridine rings is 1. The molecule has 2 aromatic carbocycles. The molecule has 4 rings (SSSR count). The molecule has 3 aromatic rings. The summed E-state index contributed by atoms with van der Waals surface area (Å²) in [6, 6.07) is 10.5. The van der Waals surface area contributed by atoms with Crippen LogP contribution in [-0.4, -0.2) is 23.4 Å². The van der Waals surface area contributed by atoms with E-state index < -0.39 is 41.5 Å². The minimum Gasteiger partial charge on any atom is -0.398 e. The summed E-state index contributed by atoms with van der Waals surface area (Å²) in [4.78, 5) is 4.22. The van der Waals surface area contributed by atoms with E-state index in [9.17, 15) is 22.0 Å². The van der Waals surface area contributed by atoms with E-state index in [2.05, 4.69) is 4.98 Å². The fraction of sp³-hybridized carbons (Fsp3) is 0.211. The van der Waals surface area contributed by atoms with Crippen molar-refractivity contribution in [3.63, 3.8) is 0 Å². The van der Waals surface area contributed by atoms with E-state index in [1.54, 1.807) is 18.2 Å². The minimum absolute atomic E-state index is 0.146. The van der Waals surface area contributed by atoms with E-state index >= 15 is 0 Å². The molecule has 1 aliphatic heterocycles. The molecule has 0 aliphatic carbocycles. The van der Waals surface area contributed by atoms with Gasteiger partial charge in [0.15, 0.2) is 5.60 Å². The van der Waals surface area contributed by atoms with Gasteiger partial charge in [-0.15, -0.1) is 0 Å². The lowest BCUT2D eigenvalue weighted by Gasteiger charge is -2.27. The number of alkyl halides is 3. The minimum atomic E-state index is -4.83. The normalized spacial score (nSPS) is 20.6. The Morgan fingerprint density at radius 3 is 2.22 bits per heavy atom. The fourth-order valence-electron chi connectivity index (χ4n) is 3.33. The predicted octanol–water partition coefficient (Wildman–Crippen LogP) is 4.56. The van der Waals surface area contributed by atoms with Crippen molar-refractivity contribution in [1.29, 1.82) is 0 Å². The Kier molecular flexibility index (Phi) is 3.85. The molecular weight excluding hydrogens is 367 g/mol. The van der Waals surface area contributed by atoms with E-state index in [-0.39, 0.29) is 5.69 Å². The Balaban J connectivity index is 1.97. The molecule has 0 spiro atoms. The first-order valence-corrected chi connectivity index (χ1v) is 8.04. The van der Waals surface area contributed by atoms with Crippen LogP contribution in [0.1, 0.15) is 17.2 Å². The van der Waals surface area contributed by atoms with Crippen LogP contribution < -0.4 is 5.73 Å². The Hall–Kier alpha value is -2.74. The highest BCUT2D eigenvalue weighted by atomic mass is 19.4. The molecule has 1 aromatic heterocycles. The summed E-state index contributed by atoms with van der Waals surface area (Å²) < 4.78 is 74.8. The van der Waals surface area contributed by atoms with Gasteiger partial charge in [0.05, 0.1) is 23.7 Å². The number of ether oxygens (including phenoxy) is 1. The average Bonchev–Trinajstić information content (AvgIpc) is 3.40. The molecule has 8 heteroatoms. The smallest absolute Gasteiger partial charge is 0.398 e. The summed E-state index contributed by atoms with van der Waals surface area (Å²) in [5.41, 5.74) is 2.98. The van der Waals surface area contributed by atoms with Crippen LogP contribution in [0.4, 0.5) is 27.6 Å². The largest absolute Gasteiger partial charge is 0.420 e. The third-order valence-electron chi connectivity index (χ3n) is 4.77. The van der Waals surface area contributed by atoms with Gasteiger partial charge in [-0.1, -0.05) is 12.1 Å². The molecule has 140 valence electrons. The number of benzene rings is 2. The van der Waals surface area contributed by atoms with Gasteiger partial charge in [-0.2, -0.15) is 13.2 Å². The molecule has 1 aliphatic rings.